The second-order valence-electron chi connectivity index (χ2n) is 5.22. The first kappa shape index (κ1) is 15.9. The van der Waals surface area contributed by atoms with Crippen molar-refractivity contribution in [3.8, 4) is 0 Å². The van der Waals surface area contributed by atoms with Gasteiger partial charge in [0.25, 0.3) is 11.8 Å². The van der Waals surface area contributed by atoms with Crippen LogP contribution in [0, 0.1) is 13.8 Å². The number of rotatable bonds is 3. The number of nitrogens with one attached hydrogen (secondary N) is 2. The number of hydrazine groups is 1. The molecule has 24 heavy (non-hydrogen) atoms. The highest BCUT2D eigenvalue weighted by Gasteiger charge is 2.09. The summed E-state index contributed by atoms with van der Waals surface area (Å²) < 4.78 is 1.95. The van der Waals surface area contributed by atoms with Crippen molar-refractivity contribution in [3.63, 3.8) is 0 Å². The first-order chi connectivity index (χ1) is 11.5. The summed E-state index contributed by atoms with van der Waals surface area (Å²) in [6.07, 6.45) is 5.04. The van der Waals surface area contributed by atoms with Crippen LogP contribution < -0.4 is 10.9 Å². The molecule has 1 aromatic carbocycles. The van der Waals surface area contributed by atoms with Crippen molar-refractivity contribution in [2.45, 2.75) is 13.8 Å². The molecular formula is C17H16N4O2S. The Bertz CT molecular complexity index is 925. The number of hydrogen-bond acceptors (Lipinski definition) is 4. The molecule has 0 spiro atoms. The van der Waals surface area contributed by atoms with E-state index >= 15 is 0 Å². The molecule has 6 nitrogen and oxygen atoms in total. The minimum atomic E-state index is -0.416. The molecule has 2 amide bonds. The number of aryl methyl sites for hydroxylation is 2. The predicted molar refractivity (Wildman–Crippen MR) is 93.6 cm³/mol. The highest BCUT2D eigenvalue weighted by atomic mass is 32.1. The van der Waals surface area contributed by atoms with Gasteiger partial charge < -0.3 is 0 Å². The van der Waals surface area contributed by atoms with Crippen molar-refractivity contribution in [1.29, 1.82) is 0 Å². The summed E-state index contributed by atoms with van der Waals surface area (Å²) in [6, 6.07) is 8.67. The molecule has 2 heterocycles. The third-order valence-electron chi connectivity index (χ3n) is 3.39. The summed E-state index contributed by atoms with van der Waals surface area (Å²) in [5.74, 6) is -0.783. The van der Waals surface area contributed by atoms with Crippen molar-refractivity contribution in [3.05, 3.63) is 64.4 Å². The van der Waals surface area contributed by atoms with Gasteiger partial charge >= 0.3 is 0 Å². The van der Waals surface area contributed by atoms with E-state index in [1.807, 2.05) is 30.5 Å². The lowest BCUT2D eigenvalue weighted by Gasteiger charge is -2.04. The van der Waals surface area contributed by atoms with Gasteiger partial charge in [-0.3, -0.25) is 24.8 Å². The van der Waals surface area contributed by atoms with Gasteiger partial charge in [0.05, 0.1) is 11.4 Å². The van der Waals surface area contributed by atoms with Gasteiger partial charge in [-0.05, 0) is 32.1 Å². The lowest BCUT2D eigenvalue weighted by Crippen LogP contribution is -2.40. The number of benzene rings is 1. The number of imidazole rings is 1. The zero-order valence-corrected chi connectivity index (χ0v) is 14.1. The average molecular weight is 340 g/mol. The van der Waals surface area contributed by atoms with Crippen LogP contribution >= 0.6 is 11.3 Å². The van der Waals surface area contributed by atoms with Gasteiger partial charge in [-0.1, -0.05) is 18.2 Å². The summed E-state index contributed by atoms with van der Waals surface area (Å²) >= 11 is 1.59. The molecule has 0 fully saturated rings. The van der Waals surface area contributed by atoms with Gasteiger partial charge in [-0.25, -0.2) is 4.98 Å². The first-order valence-corrected chi connectivity index (χ1v) is 8.15. The summed E-state index contributed by atoms with van der Waals surface area (Å²) in [5.41, 5.74) is 6.91. The van der Waals surface area contributed by atoms with Gasteiger partial charge in [0.2, 0.25) is 0 Å². The van der Waals surface area contributed by atoms with Crippen molar-refractivity contribution >= 4 is 34.2 Å². The third-order valence-corrected chi connectivity index (χ3v) is 4.29. The van der Waals surface area contributed by atoms with E-state index in [2.05, 4.69) is 15.8 Å². The van der Waals surface area contributed by atoms with Crippen molar-refractivity contribution in [2.75, 3.05) is 0 Å². The van der Waals surface area contributed by atoms with E-state index in [4.69, 9.17) is 0 Å². The summed E-state index contributed by atoms with van der Waals surface area (Å²) in [5, 5.41) is 0. The molecule has 0 saturated carbocycles. The maximum atomic E-state index is 11.9. The van der Waals surface area contributed by atoms with Crippen molar-refractivity contribution in [2.24, 2.45) is 0 Å². The highest BCUT2D eigenvalue weighted by molar-refractivity contribution is 7.17. The number of hydrogen-bond donors (Lipinski definition) is 2. The molecule has 0 aliphatic heterocycles. The van der Waals surface area contributed by atoms with Gasteiger partial charge in [-0.15, -0.1) is 11.3 Å². The van der Waals surface area contributed by atoms with E-state index in [-0.39, 0.29) is 5.91 Å². The highest BCUT2D eigenvalue weighted by Crippen LogP contribution is 2.21. The minimum Gasteiger partial charge on any atom is -0.290 e. The zero-order chi connectivity index (χ0) is 17.1. The lowest BCUT2D eigenvalue weighted by molar-refractivity contribution is -0.117. The van der Waals surface area contributed by atoms with Crippen molar-refractivity contribution < 1.29 is 9.59 Å². The molecule has 0 aliphatic carbocycles. The van der Waals surface area contributed by atoms with Crippen LogP contribution in [0.1, 0.15) is 26.6 Å². The maximum Gasteiger partial charge on any atom is 0.269 e. The largest absolute Gasteiger partial charge is 0.290 e. The van der Waals surface area contributed by atoms with E-state index in [0.29, 0.717) is 5.56 Å². The smallest absolute Gasteiger partial charge is 0.269 e. The van der Waals surface area contributed by atoms with Crippen LogP contribution in [0.5, 0.6) is 0 Å². The molecule has 3 rings (SSSR count). The molecule has 0 atom stereocenters. The number of amides is 2. The van der Waals surface area contributed by atoms with E-state index in [1.165, 1.54) is 6.08 Å². The topological polar surface area (TPSA) is 75.5 Å². The number of thiazole rings is 1. The van der Waals surface area contributed by atoms with Crippen LogP contribution in [0.3, 0.4) is 0 Å². The maximum absolute atomic E-state index is 11.9. The molecule has 122 valence electrons. The Morgan fingerprint density at radius 1 is 1.17 bits per heavy atom. The van der Waals surface area contributed by atoms with Crippen LogP contribution in [0.15, 0.2) is 42.6 Å². The van der Waals surface area contributed by atoms with Crippen LogP contribution in [-0.4, -0.2) is 21.2 Å². The van der Waals surface area contributed by atoms with Gasteiger partial charge in [0.15, 0.2) is 4.96 Å². The van der Waals surface area contributed by atoms with Gasteiger partial charge in [-0.2, -0.15) is 0 Å². The van der Waals surface area contributed by atoms with Crippen molar-refractivity contribution in [1.82, 2.24) is 20.2 Å². The lowest BCUT2D eigenvalue weighted by atomic mass is 10.2. The number of fused-ring (bicyclic) bond motifs is 1. The summed E-state index contributed by atoms with van der Waals surface area (Å²) in [4.78, 5) is 30.2. The Hall–Kier alpha value is -2.93. The standard InChI is InChI=1S/C17H16N4O2S/c1-11-10-21-14(12(2)18-17(21)24-11)8-9-15(22)19-20-16(23)13-6-4-3-5-7-13/h3-10H,1-2H3,(H,19,22)(H,20,23)/b9-8+. The molecule has 0 saturated heterocycles. The first-order valence-electron chi connectivity index (χ1n) is 7.33. The summed E-state index contributed by atoms with van der Waals surface area (Å²) in [7, 11) is 0. The number of carbonyl (C=O) groups excluding carboxylic acids is 2. The molecule has 0 bridgehead atoms. The number of aromatic nitrogens is 2. The number of carbonyl (C=O) groups is 2. The molecule has 2 aromatic heterocycles. The van der Waals surface area contributed by atoms with E-state index in [0.717, 1.165) is 21.2 Å². The Balaban J connectivity index is 1.65. The fourth-order valence-electron chi connectivity index (χ4n) is 2.26. The van der Waals surface area contributed by atoms with E-state index in [1.54, 1.807) is 41.7 Å². The summed E-state index contributed by atoms with van der Waals surface area (Å²) in [6.45, 7) is 3.90. The van der Waals surface area contributed by atoms with E-state index in [9.17, 15) is 9.59 Å². The quantitative estimate of drug-likeness (QED) is 0.568. The van der Waals surface area contributed by atoms with Crippen LogP contribution in [-0.2, 0) is 4.79 Å². The number of nitrogens with zero attached hydrogens (tertiary/aromatic N) is 2. The molecule has 7 heteroatoms. The van der Waals surface area contributed by atoms with Crippen LogP contribution in [0.2, 0.25) is 0 Å². The molecule has 2 N–H and O–H groups in total. The molecule has 0 unspecified atom stereocenters. The Labute approximate surface area is 142 Å². The molecular weight excluding hydrogens is 324 g/mol. The predicted octanol–water partition coefficient (Wildman–Crippen LogP) is 2.49. The fourth-order valence-corrected chi connectivity index (χ4v) is 3.14. The van der Waals surface area contributed by atoms with Crippen LogP contribution in [0.4, 0.5) is 0 Å². The van der Waals surface area contributed by atoms with E-state index < -0.39 is 5.91 Å². The Morgan fingerprint density at radius 3 is 2.67 bits per heavy atom. The average Bonchev–Trinajstić information content (AvgIpc) is 3.06. The minimum absolute atomic E-state index is 0.367. The normalized spacial score (nSPS) is 11.1. The third kappa shape index (κ3) is 3.36. The second-order valence-corrected chi connectivity index (χ2v) is 6.43. The Morgan fingerprint density at radius 2 is 1.92 bits per heavy atom. The monoisotopic (exact) mass is 340 g/mol. The Kier molecular flexibility index (Phi) is 4.43. The molecule has 0 aliphatic rings. The SMILES string of the molecule is Cc1cn2c(/C=C/C(=O)NNC(=O)c3ccccc3)c(C)nc2s1. The zero-order valence-electron chi connectivity index (χ0n) is 13.2. The van der Waals surface area contributed by atoms with Gasteiger partial charge in [0.1, 0.15) is 0 Å². The fraction of sp³-hybridized carbons (Fsp3) is 0.118. The molecule has 0 radical (unpaired) electrons. The molecule has 3 aromatic rings. The second kappa shape index (κ2) is 6.67. The van der Waals surface area contributed by atoms with Crippen LogP contribution in [0.25, 0.3) is 11.0 Å². The van der Waals surface area contributed by atoms with Gasteiger partial charge in [0, 0.05) is 22.7 Å².